The first-order chi connectivity index (χ1) is 53.1. The molecule has 1 aromatic heterocycles. The topological polar surface area (TPSA) is 596 Å². The number of unbranched alkanes of at least 4 members (excludes halogenated alkanes) is 2. The summed E-state index contributed by atoms with van der Waals surface area (Å²) in [4.78, 5) is 223. The van der Waals surface area contributed by atoms with Crippen molar-refractivity contribution >= 4 is 117 Å². The number of carboxylic acid groups (broad SMARTS) is 1. The number of aromatic amines is 1. The third kappa shape index (κ3) is 36.0. The van der Waals surface area contributed by atoms with Gasteiger partial charge in [-0.2, -0.15) is 11.8 Å². The molecule has 113 heavy (non-hydrogen) atoms. The molecule has 36 nitrogen and oxygen atoms in total. The summed E-state index contributed by atoms with van der Waals surface area (Å²) in [7, 11) is 0. The van der Waals surface area contributed by atoms with Crippen molar-refractivity contribution in [3.63, 3.8) is 0 Å². The Labute approximate surface area is 666 Å². The van der Waals surface area contributed by atoms with E-state index in [-0.39, 0.29) is 88.1 Å². The van der Waals surface area contributed by atoms with Crippen LogP contribution in [-0.4, -0.2) is 215 Å². The highest BCUT2D eigenvalue weighted by molar-refractivity contribution is 7.98. The van der Waals surface area contributed by atoms with Crippen LogP contribution in [0.4, 0.5) is 0 Å². The number of hydrogen-bond donors (Lipinski definition) is 20. The van der Waals surface area contributed by atoms with E-state index in [9.17, 15) is 81.8 Å². The van der Waals surface area contributed by atoms with Crippen molar-refractivity contribution in [2.24, 2.45) is 64.2 Å². The molecule has 0 aliphatic rings. The molecule has 25 N–H and O–H groups in total. The van der Waals surface area contributed by atoms with Gasteiger partial charge in [-0.25, -0.2) is 0 Å². The molecule has 636 valence electrons. The zero-order valence-corrected chi connectivity index (χ0v) is 68.9. The zero-order chi connectivity index (χ0) is 85.5. The highest BCUT2D eigenvalue weighted by atomic mass is 32.2. The second-order valence-electron chi connectivity index (χ2n) is 30.5. The van der Waals surface area contributed by atoms with Crippen LogP contribution >= 0.6 is 11.8 Å². The summed E-state index contributed by atoms with van der Waals surface area (Å²) in [6, 6.07) is -10.4. The van der Waals surface area contributed by atoms with E-state index in [0.29, 0.717) is 54.3 Å². The number of rotatable bonds is 55. The Morgan fingerprint density at radius 1 is 0.451 bits per heavy atom. The Kier molecular flexibility index (Phi) is 45.2. The minimum Gasteiger partial charge on any atom is -0.481 e. The standard InChI is InChI=1S/C76H129N19O17S/c1-15-43(11)61(80)74(110)92-56(35-58(79)96)73(109)91-55(34-46-37-82-48-24-18-17-23-47(46)48)72(108)90-54(33-41(7)8)71(107)86-50(26-20-22-29-78)68(104)89-53(32-40(5)6)66(102)83-38-59(97)85-49(25-19-21-28-77)67(103)87-51(27-30-113-14)69(105)94-62(42(9)10)75(111)95-63(44(12)16-2)76(112)93-57(36-60(98)99)70(106)84-45(13)65(101)88-52(64(81)100)31-39(3)4/h17-18,23-24,37,39-45,49-57,61-63,82H,15-16,19-22,25-36,38,77-78,80H2,1-14H3,(H2,79,96)(H2,81,100)(H,83,102)(H,84,106)(H,85,97)(H,86,107)(H,87,103)(H,88,101)(H,89,104)(H,90,108)(H,91,109)(H,92,110)(H,93,112)(H,94,105)(H,95,111)(H,98,99)/t43-,44-,45-,49-,50-,51-,52-,53-,54-,55-,56-,57-,61-,62-,63-/m0/s1. The van der Waals surface area contributed by atoms with E-state index < -0.39 is 204 Å². The molecule has 0 aliphatic carbocycles. The summed E-state index contributed by atoms with van der Waals surface area (Å²) >= 11 is 1.34. The molecule has 0 spiro atoms. The van der Waals surface area contributed by atoms with Gasteiger partial charge in [0.25, 0.3) is 0 Å². The maximum absolute atomic E-state index is 14.7. The number of benzene rings is 1. The van der Waals surface area contributed by atoms with E-state index in [4.69, 9.17) is 28.7 Å². The molecule has 37 heteroatoms. The van der Waals surface area contributed by atoms with Gasteiger partial charge in [0, 0.05) is 23.5 Å². The minimum atomic E-state index is -1.77. The molecule has 0 aliphatic heterocycles. The minimum absolute atomic E-state index is 0.0103. The number of amides is 15. The van der Waals surface area contributed by atoms with Crippen molar-refractivity contribution in [2.75, 3.05) is 31.6 Å². The first-order valence-corrected chi connectivity index (χ1v) is 40.4. The Balaban J connectivity index is 2.43. The first kappa shape index (κ1) is 99.6. The molecule has 2 rings (SSSR count). The lowest BCUT2D eigenvalue weighted by atomic mass is 9.95. The molecule has 0 saturated heterocycles. The van der Waals surface area contributed by atoms with Gasteiger partial charge in [-0.05, 0) is 143 Å². The van der Waals surface area contributed by atoms with E-state index in [2.05, 4.69) is 74.1 Å². The second kappa shape index (κ2) is 51.3. The number of hydrogen-bond acceptors (Lipinski definition) is 20. The van der Waals surface area contributed by atoms with Crippen molar-refractivity contribution < 1.29 is 81.8 Å². The van der Waals surface area contributed by atoms with Crippen molar-refractivity contribution in [2.45, 2.75) is 265 Å². The number of carbonyl (C=O) groups excluding carboxylic acids is 15. The largest absolute Gasteiger partial charge is 0.481 e. The van der Waals surface area contributed by atoms with Gasteiger partial charge in [0.1, 0.15) is 72.5 Å². The fraction of sp³-hybridized carbons (Fsp3) is 0.684. The average molecular weight is 1610 g/mol. The van der Waals surface area contributed by atoms with Crippen molar-refractivity contribution in [1.29, 1.82) is 0 Å². The Morgan fingerprint density at radius 2 is 0.876 bits per heavy atom. The van der Waals surface area contributed by atoms with Gasteiger partial charge in [0.05, 0.1) is 25.4 Å². The maximum Gasteiger partial charge on any atom is 0.305 e. The highest BCUT2D eigenvalue weighted by Crippen LogP contribution is 2.21. The van der Waals surface area contributed by atoms with Crippen LogP contribution in [-0.2, 0) is 83.1 Å². The van der Waals surface area contributed by atoms with Crippen LogP contribution in [0.2, 0.25) is 0 Å². The molecule has 0 saturated carbocycles. The van der Waals surface area contributed by atoms with Crippen molar-refractivity contribution in [3.8, 4) is 0 Å². The monoisotopic (exact) mass is 1610 g/mol. The first-order valence-electron chi connectivity index (χ1n) is 39.0. The molecule has 15 amide bonds. The number of aliphatic carboxylic acids is 1. The van der Waals surface area contributed by atoms with Gasteiger partial charge >= 0.3 is 5.97 Å². The second-order valence-corrected chi connectivity index (χ2v) is 31.5. The highest BCUT2D eigenvalue weighted by Gasteiger charge is 2.39. The van der Waals surface area contributed by atoms with Crippen LogP contribution in [0.25, 0.3) is 10.9 Å². The molecule has 0 radical (unpaired) electrons. The van der Waals surface area contributed by atoms with E-state index in [0.717, 1.165) is 0 Å². The Hall–Kier alpha value is -9.49. The van der Waals surface area contributed by atoms with Gasteiger partial charge in [-0.15, -0.1) is 0 Å². The quantitative estimate of drug-likeness (QED) is 0.0343. The lowest BCUT2D eigenvalue weighted by molar-refractivity contribution is -0.142. The number of H-pyrrole nitrogens is 1. The lowest BCUT2D eigenvalue weighted by Gasteiger charge is -2.30. The van der Waals surface area contributed by atoms with Crippen LogP contribution in [0.15, 0.2) is 30.5 Å². The molecule has 2 aromatic rings. The molecule has 0 fully saturated rings. The smallest absolute Gasteiger partial charge is 0.305 e. The fourth-order valence-corrected chi connectivity index (χ4v) is 12.5. The predicted octanol–water partition coefficient (Wildman–Crippen LogP) is -1.28. The number of thioether (sulfide) groups is 1. The SMILES string of the molecule is CC[C@H](C)[C@H](N)C(=O)N[C@@H](CC(N)=O)C(=O)N[C@@H](Cc1c[nH]c2ccccc12)C(=O)N[C@@H](CC(C)C)C(=O)N[C@@H](CCCCN)C(=O)N[C@@H](CC(C)C)C(=O)NCC(=O)N[C@@H](CCCCN)C(=O)N[C@@H](CCSC)C(=O)N[C@H](C(=O)N[C@H](C(=O)N[C@@H](CC(=O)O)C(=O)N[C@@H](C)C(=O)N[C@@H](CC(C)C)C(N)=O)[C@@H](C)CC)C(C)C. The predicted molar refractivity (Wildman–Crippen MR) is 428 cm³/mol. The number of fused-ring (bicyclic) bond motifs is 1. The van der Waals surface area contributed by atoms with Gasteiger partial charge in [-0.3, -0.25) is 76.7 Å². The molecular weight excluding hydrogens is 1480 g/mol. The fourth-order valence-electron chi connectivity index (χ4n) is 12.0. The summed E-state index contributed by atoms with van der Waals surface area (Å²) < 4.78 is 0. The molecular formula is C76H129N19O17S. The molecule has 0 bridgehead atoms. The average Bonchev–Trinajstić information content (AvgIpc) is 1.71. The van der Waals surface area contributed by atoms with Crippen LogP contribution in [0, 0.1) is 35.5 Å². The van der Waals surface area contributed by atoms with E-state index in [1.54, 1.807) is 107 Å². The number of carboxylic acids is 1. The number of para-hydroxylation sites is 1. The van der Waals surface area contributed by atoms with Crippen molar-refractivity contribution in [1.82, 2.24) is 74.1 Å². The van der Waals surface area contributed by atoms with Crippen LogP contribution < -0.4 is 97.8 Å². The Morgan fingerprint density at radius 3 is 1.39 bits per heavy atom. The van der Waals surface area contributed by atoms with E-state index >= 15 is 0 Å². The molecule has 0 unspecified atom stereocenters. The summed E-state index contributed by atoms with van der Waals surface area (Å²) in [5.41, 5.74) is 30.2. The summed E-state index contributed by atoms with van der Waals surface area (Å²) in [6.07, 6.45) is 4.24. The number of nitrogens with two attached hydrogens (primary N) is 5. The van der Waals surface area contributed by atoms with Gasteiger partial charge in [0.15, 0.2) is 0 Å². The number of aromatic nitrogens is 1. The zero-order valence-electron chi connectivity index (χ0n) is 68.1. The van der Waals surface area contributed by atoms with Gasteiger partial charge in [0.2, 0.25) is 88.6 Å². The van der Waals surface area contributed by atoms with Gasteiger partial charge < -0.3 is 108 Å². The number of primary amides is 2. The van der Waals surface area contributed by atoms with Gasteiger partial charge in [-0.1, -0.05) is 114 Å². The summed E-state index contributed by atoms with van der Waals surface area (Å²) in [5.74, 6) is -16.2. The summed E-state index contributed by atoms with van der Waals surface area (Å²) in [6.45, 7) is 21.9. The van der Waals surface area contributed by atoms with Crippen LogP contribution in [0.1, 0.15) is 185 Å². The van der Waals surface area contributed by atoms with E-state index in [1.807, 2.05) is 13.0 Å². The van der Waals surface area contributed by atoms with Crippen LogP contribution in [0.3, 0.4) is 0 Å². The third-order valence-corrected chi connectivity index (χ3v) is 19.7. The third-order valence-electron chi connectivity index (χ3n) is 19.0. The normalized spacial score (nSPS) is 15.4. The van der Waals surface area contributed by atoms with E-state index in [1.165, 1.54) is 18.7 Å². The number of nitrogens with one attached hydrogen (secondary N) is 14. The molecule has 15 atom stereocenters. The number of carbonyl (C=O) groups is 16. The van der Waals surface area contributed by atoms with Crippen molar-refractivity contribution in [3.05, 3.63) is 36.0 Å². The molecule has 1 aromatic carbocycles. The maximum atomic E-state index is 14.7. The Bertz CT molecular complexity index is 3500. The molecule has 1 heterocycles. The lowest BCUT2D eigenvalue weighted by Crippen LogP contribution is -2.62. The summed E-state index contributed by atoms with van der Waals surface area (Å²) in [5, 5.41) is 44.4. The van der Waals surface area contributed by atoms with Crippen LogP contribution in [0.5, 0.6) is 0 Å².